The second kappa shape index (κ2) is 10.5. The fourth-order valence-electron chi connectivity index (χ4n) is 3.72. The lowest BCUT2D eigenvalue weighted by molar-refractivity contribution is 0.0137. The number of amides is 1. The molecule has 3 rings (SSSR count). The number of carbonyl (C=O) groups excluding carboxylic acids is 1. The number of carbonyl (C=O) groups is 1. The highest BCUT2D eigenvalue weighted by Gasteiger charge is 2.36. The number of nitrogens with zero attached hydrogens (tertiary/aromatic N) is 3. The summed E-state index contributed by atoms with van der Waals surface area (Å²) in [6, 6.07) is 8.48. The van der Waals surface area contributed by atoms with Crippen molar-refractivity contribution in [1.82, 2.24) is 15.1 Å². The van der Waals surface area contributed by atoms with Crippen LogP contribution in [0.15, 0.2) is 29.3 Å². The van der Waals surface area contributed by atoms with Crippen LogP contribution in [0, 0.1) is 5.92 Å². The Kier molecular flexibility index (Phi) is 8.63. The van der Waals surface area contributed by atoms with Crippen LogP contribution in [0.1, 0.15) is 33.3 Å². The van der Waals surface area contributed by atoms with Crippen molar-refractivity contribution in [1.29, 1.82) is 0 Å². The Morgan fingerprint density at radius 2 is 1.97 bits per heavy atom. The van der Waals surface area contributed by atoms with Crippen LogP contribution in [0.25, 0.3) is 0 Å². The summed E-state index contributed by atoms with van der Waals surface area (Å²) in [5, 5.41) is 3.52. The molecule has 1 aromatic carbocycles. The zero-order valence-electron chi connectivity index (χ0n) is 18.7. The molecule has 2 aliphatic heterocycles. The van der Waals surface area contributed by atoms with E-state index >= 15 is 0 Å². The summed E-state index contributed by atoms with van der Waals surface area (Å²) in [4.78, 5) is 21.1. The van der Waals surface area contributed by atoms with Crippen LogP contribution in [-0.2, 0) is 11.2 Å². The zero-order valence-corrected chi connectivity index (χ0v) is 21.0. The maximum atomic E-state index is 12.3. The number of hydrogen-bond acceptors (Lipinski definition) is 6. The first-order valence-electron chi connectivity index (χ1n) is 10.4. The number of aliphatic imine (C=N–C) groups is 1. The third kappa shape index (κ3) is 6.65. The van der Waals surface area contributed by atoms with E-state index in [9.17, 15) is 4.79 Å². The lowest BCUT2D eigenvalue weighted by Crippen LogP contribution is -2.57. The predicted octanol–water partition coefficient (Wildman–Crippen LogP) is 3.37. The summed E-state index contributed by atoms with van der Waals surface area (Å²) >= 11 is 0. The maximum absolute atomic E-state index is 12.3. The van der Waals surface area contributed by atoms with Gasteiger partial charge in [-0.05, 0) is 50.8 Å². The summed E-state index contributed by atoms with van der Waals surface area (Å²) in [6.07, 6.45) is 0.770. The summed E-state index contributed by atoms with van der Waals surface area (Å²) < 4.78 is 10.7. The number of piperazine rings is 1. The number of nitrogens with one attached hydrogen (secondary N) is 1. The Labute approximate surface area is 197 Å². The van der Waals surface area contributed by atoms with Gasteiger partial charge in [0.2, 0.25) is 0 Å². The summed E-state index contributed by atoms with van der Waals surface area (Å²) in [5.41, 5.74) is 0.838. The summed E-state index contributed by atoms with van der Waals surface area (Å²) in [7, 11) is 1.68. The number of hydrogen-bond donors (Lipinski definition) is 1. The standard InChI is InChI=1S/C22H34N4O3.HI/c1-16(12-17-6-8-19(28-5)9-7-17)13-23-20-24-14-18-15-25(10-11-26(18)20)21(27)29-22(2,3)4;/h6-9,16,18H,10-15H2,1-5H3,(H,23,24);1H. The van der Waals surface area contributed by atoms with Gasteiger partial charge in [0.15, 0.2) is 5.96 Å². The van der Waals surface area contributed by atoms with E-state index < -0.39 is 5.60 Å². The smallest absolute Gasteiger partial charge is 0.410 e. The molecule has 1 N–H and O–H groups in total. The van der Waals surface area contributed by atoms with Crippen molar-refractivity contribution >= 4 is 36.0 Å². The van der Waals surface area contributed by atoms with Crippen LogP contribution in [0.3, 0.4) is 0 Å². The van der Waals surface area contributed by atoms with Crippen molar-refractivity contribution in [3.05, 3.63) is 29.8 Å². The molecule has 7 nitrogen and oxygen atoms in total. The molecule has 2 unspecified atom stereocenters. The molecule has 0 spiro atoms. The molecule has 0 saturated carbocycles. The number of guanidine groups is 1. The molecule has 8 heteroatoms. The molecule has 1 amide bonds. The van der Waals surface area contributed by atoms with E-state index in [1.807, 2.05) is 32.9 Å². The van der Waals surface area contributed by atoms with Crippen molar-refractivity contribution in [3.8, 4) is 5.75 Å². The lowest BCUT2D eigenvalue weighted by Gasteiger charge is -2.39. The molecule has 1 saturated heterocycles. The largest absolute Gasteiger partial charge is 0.497 e. The highest BCUT2D eigenvalue weighted by atomic mass is 127. The van der Waals surface area contributed by atoms with E-state index in [1.165, 1.54) is 5.56 Å². The van der Waals surface area contributed by atoms with Crippen LogP contribution in [0.2, 0.25) is 0 Å². The molecular formula is C22H35IN4O3. The minimum absolute atomic E-state index is 0. The summed E-state index contributed by atoms with van der Waals surface area (Å²) in [5.74, 6) is 2.32. The second-order valence-electron chi connectivity index (χ2n) is 8.98. The molecule has 2 heterocycles. The third-order valence-corrected chi connectivity index (χ3v) is 5.21. The monoisotopic (exact) mass is 530 g/mol. The normalized spacial score (nSPS) is 19.4. The Morgan fingerprint density at radius 3 is 2.60 bits per heavy atom. The highest BCUT2D eigenvalue weighted by Crippen LogP contribution is 2.19. The quantitative estimate of drug-likeness (QED) is 0.592. The van der Waals surface area contributed by atoms with Crippen LogP contribution in [-0.4, -0.2) is 73.3 Å². The third-order valence-electron chi connectivity index (χ3n) is 5.21. The number of ether oxygens (including phenoxy) is 2. The number of halogens is 1. The average molecular weight is 530 g/mol. The minimum Gasteiger partial charge on any atom is -0.497 e. The molecule has 2 aliphatic rings. The number of methoxy groups -OCH3 is 1. The van der Waals surface area contributed by atoms with Gasteiger partial charge in [-0.1, -0.05) is 19.1 Å². The maximum Gasteiger partial charge on any atom is 0.410 e. The van der Waals surface area contributed by atoms with E-state index in [0.29, 0.717) is 25.6 Å². The van der Waals surface area contributed by atoms with Gasteiger partial charge in [0.05, 0.1) is 19.7 Å². The zero-order chi connectivity index (χ0) is 21.0. The van der Waals surface area contributed by atoms with Gasteiger partial charge >= 0.3 is 6.09 Å². The van der Waals surface area contributed by atoms with E-state index in [0.717, 1.165) is 31.2 Å². The van der Waals surface area contributed by atoms with Crippen LogP contribution < -0.4 is 10.1 Å². The van der Waals surface area contributed by atoms with Gasteiger partial charge in [-0.2, -0.15) is 0 Å². The van der Waals surface area contributed by atoms with Crippen molar-refractivity contribution in [2.24, 2.45) is 10.9 Å². The minimum atomic E-state index is -0.465. The van der Waals surface area contributed by atoms with Gasteiger partial charge in [-0.25, -0.2) is 4.79 Å². The predicted molar refractivity (Wildman–Crippen MR) is 130 cm³/mol. The van der Waals surface area contributed by atoms with E-state index in [-0.39, 0.29) is 36.1 Å². The molecular weight excluding hydrogens is 495 g/mol. The lowest BCUT2D eigenvalue weighted by atomic mass is 10.0. The Balaban J connectivity index is 0.00000320. The first kappa shape index (κ1) is 24.6. The number of fused-ring (bicyclic) bond motifs is 1. The fourth-order valence-corrected chi connectivity index (χ4v) is 3.72. The van der Waals surface area contributed by atoms with Gasteiger partial charge in [0.1, 0.15) is 11.4 Å². The SMILES string of the molecule is COc1ccc(CC(C)CNC2=NCC3CN(C(=O)OC(C)(C)C)CCN23)cc1.I. The number of benzene rings is 1. The van der Waals surface area contributed by atoms with Crippen LogP contribution in [0.5, 0.6) is 5.75 Å². The van der Waals surface area contributed by atoms with Gasteiger partial charge in [0.25, 0.3) is 0 Å². The van der Waals surface area contributed by atoms with Crippen molar-refractivity contribution in [2.75, 3.05) is 39.8 Å². The van der Waals surface area contributed by atoms with Gasteiger partial charge in [-0.3, -0.25) is 4.99 Å². The van der Waals surface area contributed by atoms with Crippen LogP contribution >= 0.6 is 24.0 Å². The Bertz CT molecular complexity index is 733. The fraction of sp³-hybridized carbons (Fsp3) is 0.636. The molecule has 0 bridgehead atoms. The van der Waals surface area contributed by atoms with E-state index in [1.54, 1.807) is 12.0 Å². The molecule has 1 fully saturated rings. The molecule has 168 valence electrons. The summed E-state index contributed by atoms with van der Waals surface area (Å²) in [6.45, 7) is 11.6. The first-order chi connectivity index (χ1) is 13.7. The Morgan fingerprint density at radius 1 is 1.27 bits per heavy atom. The van der Waals surface area contributed by atoms with Crippen molar-refractivity contribution in [3.63, 3.8) is 0 Å². The Hall–Kier alpha value is -1.71. The molecule has 0 aromatic heterocycles. The van der Waals surface area contributed by atoms with E-state index in [2.05, 4.69) is 34.3 Å². The van der Waals surface area contributed by atoms with Gasteiger partial charge in [0, 0.05) is 26.2 Å². The average Bonchev–Trinajstić information content (AvgIpc) is 3.08. The molecule has 2 atom stereocenters. The van der Waals surface area contributed by atoms with Gasteiger partial charge in [-0.15, -0.1) is 24.0 Å². The second-order valence-corrected chi connectivity index (χ2v) is 8.98. The highest BCUT2D eigenvalue weighted by molar-refractivity contribution is 14.0. The van der Waals surface area contributed by atoms with Gasteiger partial charge < -0.3 is 24.6 Å². The molecule has 0 aliphatic carbocycles. The molecule has 1 aromatic rings. The molecule has 0 radical (unpaired) electrons. The first-order valence-corrected chi connectivity index (χ1v) is 10.4. The van der Waals surface area contributed by atoms with Crippen molar-refractivity contribution in [2.45, 2.75) is 45.8 Å². The topological polar surface area (TPSA) is 66.4 Å². The van der Waals surface area contributed by atoms with E-state index in [4.69, 9.17) is 9.47 Å². The van der Waals surface area contributed by atoms with Crippen LogP contribution in [0.4, 0.5) is 4.79 Å². The number of rotatable bonds is 5. The molecule has 30 heavy (non-hydrogen) atoms. The van der Waals surface area contributed by atoms with Crippen molar-refractivity contribution < 1.29 is 14.3 Å².